The molecule has 0 aromatic rings. The van der Waals surface area contributed by atoms with Gasteiger partial charge in [0.25, 0.3) is 0 Å². The van der Waals surface area contributed by atoms with Gasteiger partial charge in [-0.25, -0.2) is 0 Å². The lowest BCUT2D eigenvalue weighted by molar-refractivity contribution is 0.0645. The maximum atomic E-state index is 5.41. The molecular weight excluding hydrogens is 178 g/mol. The summed E-state index contributed by atoms with van der Waals surface area (Å²) >= 11 is 0. The van der Waals surface area contributed by atoms with Crippen LogP contribution in [0.5, 0.6) is 0 Å². The summed E-state index contributed by atoms with van der Waals surface area (Å²) in [6.45, 7) is 5.69. The van der Waals surface area contributed by atoms with Crippen molar-refractivity contribution in [1.29, 1.82) is 0 Å². The first-order valence-corrected chi connectivity index (χ1v) is 5.63. The van der Waals surface area contributed by atoms with Crippen molar-refractivity contribution in [3.05, 3.63) is 0 Å². The van der Waals surface area contributed by atoms with Gasteiger partial charge in [-0.05, 0) is 31.7 Å². The molecular formula is C11H23NO2. The van der Waals surface area contributed by atoms with Crippen LogP contribution < -0.4 is 5.32 Å². The van der Waals surface area contributed by atoms with Gasteiger partial charge in [-0.15, -0.1) is 0 Å². The number of methoxy groups -OCH3 is 1. The Hall–Kier alpha value is -0.120. The highest BCUT2D eigenvalue weighted by Crippen LogP contribution is 2.19. The van der Waals surface area contributed by atoms with Crippen molar-refractivity contribution in [1.82, 2.24) is 5.32 Å². The molecule has 3 nitrogen and oxygen atoms in total. The average Bonchev–Trinajstić information content (AvgIpc) is 2.98. The minimum Gasteiger partial charge on any atom is -0.382 e. The molecule has 1 aliphatic carbocycles. The van der Waals surface area contributed by atoms with Crippen LogP contribution >= 0.6 is 0 Å². The van der Waals surface area contributed by atoms with Crippen molar-refractivity contribution in [2.45, 2.75) is 32.2 Å². The molecule has 1 saturated carbocycles. The third-order valence-electron chi connectivity index (χ3n) is 2.52. The van der Waals surface area contributed by atoms with E-state index in [2.05, 4.69) is 12.2 Å². The van der Waals surface area contributed by atoms with Crippen molar-refractivity contribution in [3.63, 3.8) is 0 Å². The van der Waals surface area contributed by atoms with Crippen LogP contribution in [0.3, 0.4) is 0 Å². The summed E-state index contributed by atoms with van der Waals surface area (Å²) in [5.41, 5.74) is 0. The van der Waals surface area contributed by atoms with E-state index in [1.165, 1.54) is 12.8 Å². The second kappa shape index (κ2) is 7.21. The van der Waals surface area contributed by atoms with Crippen LogP contribution in [0, 0.1) is 5.92 Å². The third-order valence-corrected chi connectivity index (χ3v) is 2.52. The molecule has 1 fully saturated rings. The van der Waals surface area contributed by atoms with Gasteiger partial charge in [0.1, 0.15) is 0 Å². The fraction of sp³-hybridized carbons (Fsp3) is 1.00. The van der Waals surface area contributed by atoms with E-state index >= 15 is 0 Å². The summed E-state index contributed by atoms with van der Waals surface area (Å²) < 4.78 is 10.3. The Morgan fingerprint density at radius 3 is 2.71 bits per heavy atom. The molecule has 1 atom stereocenters. The van der Waals surface area contributed by atoms with Crippen molar-refractivity contribution in [3.8, 4) is 0 Å². The number of hydrogen-bond acceptors (Lipinski definition) is 3. The lowest BCUT2D eigenvalue weighted by Gasteiger charge is -2.12. The first-order chi connectivity index (χ1) is 6.83. The SMILES string of the molecule is COCCOCCC(C)CNC1CC1. The van der Waals surface area contributed by atoms with Gasteiger partial charge >= 0.3 is 0 Å². The molecule has 0 aliphatic heterocycles. The molecule has 0 bridgehead atoms. The van der Waals surface area contributed by atoms with Gasteiger partial charge in [0.2, 0.25) is 0 Å². The molecule has 84 valence electrons. The smallest absolute Gasteiger partial charge is 0.0700 e. The van der Waals surface area contributed by atoms with E-state index in [0.717, 1.165) is 38.1 Å². The molecule has 1 unspecified atom stereocenters. The summed E-state index contributed by atoms with van der Waals surface area (Å²) in [6.07, 6.45) is 3.89. The van der Waals surface area contributed by atoms with E-state index in [-0.39, 0.29) is 0 Å². The van der Waals surface area contributed by atoms with Crippen molar-refractivity contribution < 1.29 is 9.47 Å². The van der Waals surface area contributed by atoms with Gasteiger partial charge in [0, 0.05) is 19.8 Å². The maximum absolute atomic E-state index is 5.41. The molecule has 0 heterocycles. The maximum Gasteiger partial charge on any atom is 0.0700 e. The van der Waals surface area contributed by atoms with Gasteiger partial charge in [-0.1, -0.05) is 6.92 Å². The van der Waals surface area contributed by atoms with Crippen LogP contribution in [0.15, 0.2) is 0 Å². The van der Waals surface area contributed by atoms with Crippen LogP contribution in [0.4, 0.5) is 0 Å². The first-order valence-electron chi connectivity index (χ1n) is 5.63. The molecule has 14 heavy (non-hydrogen) atoms. The van der Waals surface area contributed by atoms with Crippen LogP contribution in [-0.2, 0) is 9.47 Å². The molecule has 1 N–H and O–H groups in total. The standard InChI is InChI=1S/C11H23NO2/c1-10(9-12-11-3-4-11)5-6-14-8-7-13-2/h10-12H,3-9H2,1-2H3. The normalized spacial score (nSPS) is 18.4. The topological polar surface area (TPSA) is 30.5 Å². The van der Waals surface area contributed by atoms with E-state index in [0.29, 0.717) is 6.61 Å². The number of nitrogens with one attached hydrogen (secondary N) is 1. The molecule has 0 radical (unpaired) electrons. The van der Waals surface area contributed by atoms with E-state index in [4.69, 9.17) is 9.47 Å². The van der Waals surface area contributed by atoms with Gasteiger partial charge < -0.3 is 14.8 Å². The first kappa shape index (κ1) is 12.0. The van der Waals surface area contributed by atoms with Crippen molar-refractivity contribution in [2.24, 2.45) is 5.92 Å². The van der Waals surface area contributed by atoms with Gasteiger partial charge in [-0.3, -0.25) is 0 Å². The largest absolute Gasteiger partial charge is 0.382 e. The third kappa shape index (κ3) is 6.35. The zero-order valence-corrected chi connectivity index (χ0v) is 9.42. The molecule has 0 aromatic carbocycles. The number of ether oxygens (including phenoxy) is 2. The Balaban J connectivity index is 1.79. The molecule has 0 amide bonds. The minimum atomic E-state index is 0.703. The van der Waals surface area contributed by atoms with Crippen LogP contribution in [-0.4, -0.2) is 39.5 Å². The van der Waals surface area contributed by atoms with Gasteiger partial charge in [0.05, 0.1) is 13.2 Å². The molecule has 1 aliphatic rings. The monoisotopic (exact) mass is 201 g/mol. The second-order valence-corrected chi connectivity index (χ2v) is 4.18. The van der Waals surface area contributed by atoms with Crippen LogP contribution in [0.1, 0.15) is 26.2 Å². The van der Waals surface area contributed by atoms with E-state index in [1.54, 1.807) is 7.11 Å². The quantitative estimate of drug-likeness (QED) is 0.572. The number of rotatable bonds is 9. The molecule has 0 spiro atoms. The van der Waals surface area contributed by atoms with Crippen LogP contribution in [0.2, 0.25) is 0 Å². The molecule has 0 saturated heterocycles. The highest BCUT2D eigenvalue weighted by Gasteiger charge is 2.20. The Morgan fingerprint density at radius 1 is 1.29 bits per heavy atom. The highest BCUT2D eigenvalue weighted by atomic mass is 16.5. The molecule has 1 rings (SSSR count). The highest BCUT2D eigenvalue weighted by molar-refractivity contribution is 4.81. The predicted octanol–water partition coefficient (Wildman–Crippen LogP) is 1.43. The summed E-state index contributed by atoms with van der Waals surface area (Å²) in [7, 11) is 1.70. The summed E-state index contributed by atoms with van der Waals surface area (Å²) in [5, 5.41) is 3.53. The van der Waals surface area contributed by atoms with Crippen molar-refractivity contribution in [2.75, 3.05) is 33.5 Å². The lowest BCUT2D eigenvalue weighted by atomic mass is 10.1. The molecule has 3 heteroatoms. The Morgan fingerprint density at radius 2 is 2.07 bits per heavy atom. The van der Waals surface area contributed by atoms with E-state index < -0.39 is 0 Å². The van der Waals surface area contributed by atoms with Gasteiger partial charge in [-0.2, -0.15) is 0 Å². The molecule has 0 aromatic heterocycles. The zero-order valence-electron chi connectivity index (χ0n) is 9.42. The van der Waals surface area contributed by atoms with E-state index in [9.17, 15) is 0 Å². The fourth-order valence-corrected chi connectivity index (χ4v) is 1.29. The summed E-state index contributed by atoms with van der Waals surface area (Å²) in [4.78, 5) is 0. The van der Waals surface area contributed by atoms with Crippen LogP contribution in [0.25, 0.3) is 0 Å². The average molecular weight is 201 g/mol. The lowest BCUT2D eigenvalue weighted by Crippen LogP contribution is -2.24. The Labute approximate surface area is 87.2 Å². The fourth-order valence-electron chi connectivity index (χ4n) is 1.29. The number of hydrogen-bond donors (Lipinski definition) is 1. The Bertz CT molecular complexity index is 137. The Kier molecular flexibility index (Phi) is 6.15. The van der Waals surface area contributed by atoms with E-state index in [1.807, 2.05) is 0 Å². The zero-order chi connectivity index (χ0) is 10.2. The summed E-state index contributed by atoms with van der Waals surface area (Å²) in [5.74, 6) is 0.721. The minimum absolute atomic E-state index is 0.703. The van der Waals surface area contributed by atoms with Gasteiger partial charge in [0.15, 0.2) is 0 Å². The second-order valence-electron chi connectivity index (χ2n) is 4.18. The summed E-state index contributed by atoms with van der Waals surface area (Å²) in [6, 6.07) is 0.826. The van der Waals surface area contributed by atoms with Crippen molar-refractivity contribution >= 4 is 0 Å². The predicted molar refractivity (Wildman–Crippen MR) is 57.5 cm³/mol.